The summed E-state index contributed by atoms with van der Waals surface area (Å²) >= 11 is 0. The van der Waals surface area contributed by atoms with Crippen LogP contribution in [0.25, 0.3) is 28.0 Å². The van der Waals surface area contributed by atoms with E-state index in [9.17, 15) is 4.79 Å². The number of rotatable bonds is 4. The van der Waals surface area contributed by atoms with Crippen molar-refractivity contribution in [1.82, 2.24) is 34.3 Å². The zero-order chi connectivity index (χ0) is 22.2. The highest BCUT2D eigenvalue weighted by Gasteiger charge is 2.22. The fourth-order valence-electron chi connectivity index (χ4n) is 3.83. The lowest BCUT2D eigenvalue weighted by atomic mass is 9.99. The van der Waals surface area contributed by atoms with Crippen molar-refractivity contribution in [3.63, 3.8) is 0 Å². The summed E-state index contributed by atoms with van der Waals surface area (Å²) in [5.74, 6) is 0.0699. The Morgan fingerprint density at radius 2 is 1.69 bits per heavy atom. The van der Waals surface area contributed by atoms with Gasteiger partial charge in [-0.25, -0.2) is 18.9 Å². The Morgan fingerprint density at radius 3 is 2.38 bits per heavy atom. The van der Waals surface area contributed by atoms with Crippen LogP contribution in [0.1, 0.15) is 17.1 Å². The summed E-state index contributed by atoms with van der Waals surface area (Å²) in [7, 11) is 0. The van der Waals surface area contributed by atoms with Crippen molar-refractivity contribution in [2.24, 2.45) is 0 Å². The summed E-state index contributed by atoms with van der Waals surface area (Å²) in [5, 5.41) is 12.6. The lowest BCUT2D eigenvalue weighted by Crippen LogP contribution is -2.24. The molecular weight excluding hydrogens is 404 g/mol. The number of nitrogen functional groups attached to an aromatic ring is 1. The predicted octanol–water partition coefficient (Wildman–Crippen LogP) is 2.66. The molecule has 0 unspecified atom stereocenters. The van der Waals surface area contributed by atoms with E-state index in [-0.39, 0.29) is 18.2 Å². The number of aryl methyl sites for hydroxylation is 2. The second-order valence-corrected chi connectivity index (χ2v) is 7.51. The van der Waals surface area contributed by atoms with E-state index in [0.717, 1.165) is 22.5 Å². The molecule has 0 amide bonds. The number of benzene rings is 1. The topological polar surface area (TPSA) is 117 Å². The molecule has 0 saturated carbocycles. The average molecular weight is 424 g/mol. The standard InChI is InChI=1S/C23H20N8O/c1-14-11-17(12-15(2)26-14)19-20(16-7-4-3-5-8-16)27-22(24)31-21(19)29-30(23(31)32)13-18-9-6-10-25-28-18/h3-12H,13H2,1-2H3,(H2,24,27). The van der Waals surface area contributed by atoms with Crippen LogP contribution in [-0.4, -0.2) is 34.3 Å². The fourth-order valence-corrected chi connectivity index (χ4v) is 3.83. The average Bonchev–Trinajstić information content (AvgIpc) is 3.10. The van der Waals surface area contributed by atoms with Crippen molar-refractivity contribution in [1.29, 1.82) is 0 Å². The molecule has 2 N–H and O–H groups in total. The first-order valence-electron chi connectivity index (χ1n) is 10.1. The van der Waals surface area contributed by atoms with Crippen LogP contribution in [0, 0.1) is 13.8 Å². The van der Waals surface area contributed by atoms with Crippen LogP contribution in [0.3, 0.4) is 0 Å². The fraction of sp³-hybridized carbons (Fsp3) is 0.130. The predicted molar refractivity (Wildman–Crippen MR) is 121 cm³/mol. The molecule has 158 valence electrons. The van der Waals surface area contributed by atoms with Gasteiger partial charge in [0.1, 0.15) is 0 Å². The molecule has 9 nitrogen and oxygen atoms in total. The van der Waals surface area contributed by atoms with Crippen molar-refractivity contribution in [3.8, 4) is 22.4 Å². The normalized spacial score (nSPS) is 11.2. The third-order valence-corrected chi connectivity index (χ3v) is 5.11. The zero-order valence-electron chi connectivity index (χ0n) is 17.6. The Balaban J connectivity index is 1.84. The van der Waals surface area contributed by atoms with Crippen LogP contribution < -0.4 is 11.4 Å². The van der Waals surface area contributed by atoms with Gasteiger partial charge in [0.2, 0.25) is 5.95 Å². The minimum Gasteiger partial charge on any atom is -0.369 e. The van der Waals surface area contributed by atoms with E-state index >= 15 is 0 Å². The lowest BCUT2D eigenvalue weighted by Gasteiger charge is -2.13. The molecule has 0 spiro atoms. The van der Waals surface area contributed by atoms with Gasteiger partial charge < -0.3 is 5.73 Å². The first-order valence-corrected chi connectivity index (χ1v) is 10.1. The van der Waals surface area contributed by atoms with Gasteiger partial charge in [0.15, 0.2) is 5.65 Å². The van der Waals surface area contributed by atoms with Gasteiger partial charge in [-0.1, -0.05) is 30.3 Å². The van der Waals surface area contributed by atoms with Crippen molar-refractivity contribution >= 4 is 11.6 Å². The van der Waals surface area contributed by atoms with Crippen LogP contribution in [0.2, 0.25) is 0 Å². The molecule has 5 rings (SSSR count). The van der Waals surface area contributed by atoms with Crippen molar-refractivity contribution < 1.29 is 0 Å². The van der Waals surface area contributed by atoms with Crippen LogP contribution in [-0.2, 0) is 6.54 Å². The maximum absolute atomic E-state index is 13.2. The quantitative estimate of drug-likeness (QED) is 0.471. The molecule has 1 aromatic carbocycles. The molecule has 0 aliphatic heterocycles. The monoisotopic (exact) mass is 424 g/mol. The number of hydrogen-bond acceptors (Lipinski definition) is 7. The van der Waals surface area contributed by atoms with E-state index in [1.54, 1.807) is 18.3 Å². The molecule has 0 aliphatic carbocycles. The zero-order valence-corrected chi connectivity index (χ0v) is 17.6. The Hall–Kier alpha value is -4.40. The molecule has 4 aromatic heterocycles. The summed E-state index contributed by atoms with van der Waals surface area (Å²) in [6.07, 6.45) is 1.58. The molecule has 0 atom stereocenters. The third kappa shape index (κ3) is 3.39. The van der Waals surface area contributed by atoms with Gasteiger partial charge in [0.25, 0.3) is 0 Å². The SMILES string of the molecule is Cc1cc(-c2c(-c3ccccc3)nc(N)n3c(=O)n(Cc4cccnn4)nc23)cc(C)n1. The largest absolute Gasteiger partial charge is 0.369 e. The minimum atomic E-state index is -0.390. The molecule has 5 aromatic rings. The summed E-state index contributed by atoms with van der Waals surface area (Å²) in [6, 6.07) is 17.2. The molecule has 0 saturated heterocycles. The lowest BCUT2D eigenvalue weighted by molar-refractivity contribution is 0.638. The maximum atomic E-state index is 13.2. The number of nitrogens with two attached hydrogens (primary N) is 1. The Kier molecular flexibility index (Phi) is 4.70. The van der Waals surface area contributed by atoms with Crippen molar-refractivity contribution in [2.45, 2.75) is 20.4 Å². The van der Waals surface area contributed by atoms with Gasteiger partial charge in [0, 0.05) is 23.1 Å². The molecule has 0 fully saturated rings. The number of anilines is 1. The van der Waals surface area contributed by atoms with E-state index in [2.05, 4.69) is 25.3 Å². The highest BCUT2D eigenvalue weighted by Crippen LogP contribution is 2.34. The van der Waals surface area contributed by atoms with E-state index in [1.165, 1.54) is 9.08 Å². The Morgan fingerprint density at radius 1 is 0.938 bits per heavy atom. The third-order valence-electron chi connectivity index (χ3n) is 5.11. The number of pyridine rings is 1. The Labute approximate surface area is 183 Å². The van der Waals surface area contributed by atoms with Crippen LogP contribution >= 0.6 is 0 Å². The van der Waals surface area contributed by atoms with Gasteiger partial charge >= 0.3 is 5.69 Å². The number of nitrogens with zero attached hydrogens (tertiary/aromatic N) is 7. The van der Waals surface area contributed by atoms with Gasteiger partial charge in [-0.2, -0.15) is 10.2 Å². The molecule has 0 bridgehead atoms. The Bertz CT molecular complexity index is 1470. The van der Waals surface area contributed by atoms with E-state index < -0.39 is 0 Å². The highest BCUT2D eigenvalue weighted by atomic mass is 16.2. The molecule has 9 heteroatoms. The van der Waals surface area contributed by atoms with Gasteiger partial charge in [0.05, 0.1) is 23.5 Å². The van der Waals surface area contributed by atoms with Gasteiger partial charge in [-0.05, 0) is 43.7 Å². The molecule has 4 heterocycles. The number of hydrogen-bond donors (Lipinski definition) is 1. The maximum Gasteiger partial charge on any atom is 0.353 e. The minimum absolute atomic E-state index is 0.0699. The van der Waals surface area contributed by atoms with Crippen LogP contribution in [0.15, 0.2) is 65.6 Å². The second kappa shape index (κ2) is 7.69. The summed E-state index contributed by atoms with van der Waals surface area (Å²) in [4.78, 5) is 22.3. The summed E-state index contributed by atoms with van der Waals surface area (Å²) < 4.78 is 2.67. The second-order valence-electron chi connectivity index (χ2n) is 7.51. The van der Waals surface area contributed by atoms with Crippen LogP contribution in [0.4, 0.5) is 5.95 Å². The first kappa shape index (κ1) is 19.6. The molecular formula is C23H20N8O. The number of fused-ring (bicyclic) bond motifs is 1. The van der Waals surface area contributed by atoms with Crippen LogP contribution in [0.5, 0.6) is 0 Å². The first-order chi connectivity index (χ1) is 15.5. The molecule has 0 radical (unpaired) electrons. The summed E-state index contributed by atoms with van der Waals surface area (Å²) in [5.41, 5.74) is 11.7. The number of aromatic nitrogens is 7. The van der Waals surface area contributed by atoms with Crippen molar-refractivity contribution in [3.05, 3.63) is 88.4 Å². The smallest absolute Gasteiger partial charge is 0.353 e. The van der Waals surface area contributed by atoms with Gasteiger partial charge in [-0.15, -0.1) is 5.10 Å². The summed E-state index contributed by atoms with van der Waals surface area (Å²) in [6.45, 7) is 4.03. The van der Waals surface area contributed by atoms with E-state index in [1.807, 2.05) is 56.3 Å². The van der Waals surface area contributed by atoms with E-state index in [4.69, 9.17) is 5.73 Å². The molecule has 32 heavy (non-hydrogen) atoms. The molecule has 0 aliphatic rings. The van der Waals surface area contributed by atoms with Crippen molar-refractivity contribution in [2.75, 3.05) is 5.73 Å². The van der Waals surface area contributed by atoms with Gasteiger partial charge in [-0.3, -0.25) is 4.98 Å². The highest BCUT2D eigenvalue weighted by molar-refractivity contribution is 5.90. The van der Waals surface area contributed by atoms with E-state index in [0.29, 0.717) is 22.6 Å².